The summed E-state index contributed by atoms with van der Waals surface area (Å²) >= 11 is 0. The molecule has 2 heterocycles. The van der Waals surface area contributed by atoms with Gasteiger partial charge in [-0.25, -0.2) is 8.42 Å². The van der Waals surface area contributed by atoms with Crippen molar-refractivity contribution in [2.45, 2.75) is 23.8 Å². The molecule has 1 atom stereocenters. The van der Waals surface area contributed by atoms with E-state index in [9.17, 15) is 8.42 Å². The Morgan fingerprint density at radius 2 is 1.79 bits per heavy atom. The van der Waals surface area contributed by atoms with Gasteiger partial charge in [0.2, 0.25) is 10.0 Å². The highest BCUT2D eigenvalue weighted by Gasteiger charge is 2.38. The second-order valence-electron chi connectivity index (χ2n) is 6.69. The summed E-state index contributed by atoms with van der Waals surface area (Å²) in [5.41, 5.74) is 0.806. The van der Waals surface area contributed by atoms with Crippen molar-refractivity contribution >= 4 is 10.0 Å². The molecule has 0 aliphatic carbocycles. The van der Waals surface area contributed by atoms with Crippen molar-refractivity contribution < 1.29 is 27.4 Å². The fourth-order valence-electron chi connectivity index (χ4n) is 3.76. The maximum Gasteiger partial charge on any atom is 0.243 e. The van der Waals surface area contributed by atoms with Crippen LogP contribution in [0.1, 0.15) is 24.4 Å². The molecule has 0 unspecified atom stereocenters. The normalized spacial score (nSPS) is 19.4. The maximum absolute atomic E-state index is 13.4. The topological polar surface area (TPSA) is 74.3 Å². The molecule has 1 saturated heterocycles. The first-order valence-electron chi connectivity index (χ1n) is 9.18. The number of nitrogens with zero attached hydrogens (tertiary/aromatic N) is 1. The molecule has 2 aliphatic rings. The van der Waals surface area contributed by atoms with Crippen molar-refractivity contribution in [1.29, 1.82) is 0 Å². The van der Waals surface area contributed by atoms with Crippen LogP contribution in [0.3, 0.4) is 0 Å². The molecular weight excluding hydrogens is 382 g/mol. The molecule has 1 fully saturated rings. The number of rotatable bonds is 5. The zero-order valence-corrected chi connectivity index (χ0v) is 16.7. The van der Waals surface area contributed by atoms with Crippen molar-refractivity contribution in [3.8, 4) is 23.0 Å². The third-order valence-corrected chi connectivity index (χ3v) is 7.02. The van der Waals surface area contributed by atoms with Crippen LogP contribution in [-0.4, -0.2) is 46.7 Å². The predicted molar refractivity (Wildman–Crippen MR) is 103 cm³/mol. The van der Waals surface area contributed by atoms with E-state index < -0.39 is 10.0 Å². The van der Waals surface area contributed by atoms with Gasteiger partial charge < -0.3 is 18.9 Å². The van der Waals surface area contributed by atoms with Crippen LogP contribution >= 0.6 is 0 Å². The van der Waals surface area contributed by atoms with Crippen LogP contribution in [0.15, 0.2) is 41.3 Å². The van der Waals surface area contributed by atoms with Crippen molar-refractivity contribution in [2.24, 2.45) is 0 Å². The van der Waals surface area contributed by atoms with E-state index in [0.717, 1.165) is 12.0 Å². The molecule has 0 bridgehead atoms. The van der Waals surface area contributed by atoms with Gasteiger partial charge in [0, 0.05) is 18.2 Å². The number of fused-ring (bicyclic) bond motifs is 1. The lowest BCUT2D eigenvalue weighted by Gasteiger charge is -2.27. The quantitative estimate of drug-likeness (QED) is 0.761. The summed E-state index contributed by atoms with van der Waals surface area (Å²) in [6.45, 7) is 1.31. The molecule has 28 heavy (non-hydrogen) atoms. The minimum atomic E-state index is -3.71. The zero-order chi connectivity index (χ0) is 19.7. The smallest absolute Gasteiger partial charge is 0.243 e. The van der Waals surface area contributed by atoms with Gasteiger partial charge >= 0.3 is 0 Å². The Balaban J connectivity index is 1.72. The molecule has 7 nitrogen and oxygen atoms in total. The molecule has 4 rings (SSSR count). The highest BCUT2D eigenvalue weighted by molar-refractivity contribution is 7.89. The molecule has 0 aromatic heterocycles. The number of hydrogen-bond donors (Lipinski definition) is 0. The number of methoxy groups -OCH3 is 2. The van der Waals surface area contributed by atoms with Gasteiger partial charge in [0.25, 0.3) is 0 Å². The van der Waals surface area contributed by atoms with Crippen LogP contribution in [0, 0.1) is 0 Å². The third-order valence-electron chi connectivity index (χ3n) is 5.12. The van der Waals surface area contributed by atoms with Gasteiger partial charge in [0.15, 0.2) is 11.5 Å². The third kappa shape index (κ3) is 3.27. The summed E-state index contributed by atoms with van der Waals surface area (Å²) in [4.78, 5) is 0.200. The summed E-state index contributed by atoms with van der Waals surface area (Å²) in [7, 11) is -0.542. The van der Waals surface area contributed by atoms with E-state index >= 15 is 0 Å². The maximum atomic E-state index is 13.4. The first kappa shape index (κ1) is 18.9. The summed E-state index contributed by atoms with van der Waals surface area (Å²) in [5, 5.41) is 0. The summed E-state index contributed by atoms with van der Waals surface area (Å²) in [6, 6.07) is 9.91. The summed E-state index contributed by atoms with van der Waals surface area (Å²) < 4.78 is 50.2. The van der Waals surface area contributed by atoms with E-state index in [0.29, 0.717) is 49.2 Å². The fourth-order valence-corrected chi connectivity index (χ4v) is 5.45. The van der Waals surface area contributed by atoms with E-state index in [1.54, 1.807) is 44.6 Å². The monoisotopic (exact) mass is 405 g/mol. The molecule has 150 valence electrons. The van der Waals surface area contributed by atoms with Crippen LogP contribution in [0.4, 0.5) is 0 Å². The van der Waals surface area contributed by atoms with Gasteiger partial charge in [-0.15, -0.1) is 0 Å². The molecule has 2 aromatic rings. The lowest BCUT2D eigenvalue weighted by molar-refractivity contribution is 0.171. The van der Waals surface area contributed by atoms with E-state index in [1.165, 1.54) is 4.31 Å². The Labute approximate surface area is 164 Å². The van der Waals surface area contributed by atoms with Crippen LogP contribution in [0.5, 0.6) is 23.0 Å². The van der Waals surface area contributed by atoms with Crippen molar-refractivity contribution in [1.82, 2.24) is 4.31 Å². The van der Waals surface area contributed by atoms with Gasteiger partial charge in [0.1, 0.15) is 24.7 Å². The summed E-state index contributed by atoms with van der Waals surface area (Å²) in [5.74, 6) is 2.34. The highest BCUT2D eigenvalue weighted by Crippen LogP contribution is 2.42. The van der Waals surface area contributed by atoms with Gasteiger partial charge in [-0.05, 0) is 43.2 Å². The Hall–Kier alpha value is -2.45. The first-order valence-corrected chi connectivity index (χ1v) is 10.6. The number of benzene rings is 2. The Morgan fingerprint density at radius 3 is 2.54 bits per heavy atom. The average Bonchev–Trinajstić information content (AvgIpc) is 3.23. The first-order chi connectivity index (χ1) is 13.5. The second kappa shape index (κ2) is 7.52. The van der Waals surface area contributed by atoms with Gasteiger partial charge in [0.05, 0.1) is 25.2 Å². The largest absolute Gasteiger partial charge is 0.497 e. The van der Waals surface area contributed by atoms with Gasteiger partial charge in [-0.2, -0.15) is 4.31 Å². The van der Waals surface area contributed by atoms with Crippen LogP contribution < -0.4 is 18.9 Å². The lowest BCUT2D eigenvalue weighted by atomic mass is 10.0. The van der Waals surface area contributed by atoms with Gasteiger partial charge in [-0.3, -0.25) is 0 Å². The lowest BCUT2D eigenvalue weighted by Crippen LogP contribution is -2.31. The zero-order valence-electron chi connectivity index (χ0n) is 15.9. The molecule has 0 saturated carbocycles. The fraction of sp³-hybridized carbons (Fsp3) is 0.400. The highest BCUT2D eigenvalue weighted by atomic mass is 32.2. The molecule has 0 amide bonds. The van der Waals surface area contributed by atoms with E-state index in [1.807, 2.05) is 6.07 Å². The van der Waals surface area contributed by atoms with Gasteiger partial charge in [-0.1, -0.05) is 0 Å². The van der Waals surface area contributed by atoms with Crippen molar-refractivity contribution in [3.63, 3.8) is 0 Å². The average molecular weight is 405 g/mol. The molecule has 0 spiro atoms. The SMILES string of the molecule is COc1ccc(OC)c([C@@H]2CCCN2S(=O)(=O)c2ccc3c(c2)OCCO3)c1. The molecule has 2 aromatic carbocycles. The summed E-state index contributed by atoms with van der Waals surface area (Å²) in [6.07, 6.45) is 1.49. The molecule has 0 radical (unpaired) electrons. The predicted octanol–water partition coefficient (Wildman–Crippen LogP) is 3.00. The minimum Gasteiger partial charge on any atom is -0.497 e. The molecule has 8 heteroatoms. The molecule has 0 N–H and O–H groups in total. The molecule has 2 aliphatic heterocycles. The van der Waals surface area contributed by atoms with E-state index in [2.05, 4.69) is 0 Å². The van der Waals surface area contributed by atoms with Crippen molar-refractivity contribution in [3.05, 3.63) is 42.0 Å². The minimum absolute atomic E-state index is 0.200. The van der Waals surface area contributed by atoms with Crippen LogP contribution in [0.2, 0.25) is 0 Å². The van der Waals surface area contributed by atoms with Crippen molar-refractivity contribution in [2.75, 3.05) is 34.0 Å². The van der Waals surface area contributed by atoms with E-state index in [4.69, 9.17) is 18.9 Å². The van der Waals surface area contributed by atoms with Crippen LogP contribution in [0.25, 0.3) is 0 Å². The second-order valence-corrected chi connectivity index (χ2v) is 8.58. The number of ether oxygens (including phenoxy) is 4. The standard InChI is InChI=1S/C20H23NO6S/c1-24-14-5-7-18(25-2)16(12-14)17-4-3-9-21(17)28(22,23)15-6-8-19-20(13-15)27-11-10-26-19/h5-8,12-13,17H,3-4,9-11H2,1-2H3/t17-/m0/s1. The van der Waals surface area contributed by atoms with E-state index in [-0.39, 0.29) is 10.9 Å². The Morgan fingerprint density at radius 1 is 1.00 bits per heavy atom. The number of hydrogen-bond acceptors (Lipinski definition) is 6. The number of sulfonamides is 1. The van der Waals surface area contributed by atoms with Crippen LogP contribution in [-0.2, 0) is 10.0 Å². The molecular formula is C20H23NO6S. The Kier molecular flexibility index (Phi) is 5.07. The Bertz CT molecular complexity index is 975.